The number of H-pyrrole nitrogens is 1. The van der Waals surface area contributed by atoms with Gasteiger partial charge in [-0.25, -0.2) is 0 Å². The predicted molar refractivity (Wildman–Crippen MR) is 51.0 cm³/mol. The van der Waals surface area contributed by atoms with Crippen LogP contribution >= 0.6 is 0 Å². The van der Waals surface area contributed by atoms with E-state index >= 15 is 0 Å². The Labute approximate surface area is 76.6 Å². The van der Waals surface area contributed by atoms with E-state index in [1.54, 1.807) is 12.4 Å². The zero-order valence-electron chi connectivity index (χ0n) is 6.99. The van der Waals surface area contributed by atoms with Crippen molar-refractivity contribution in [1.29, 1.82) is 0 Å². The van der Waals surface area contributed by atoms with Gasteiger partial charge in [0.05, 0.1) is 0 Å². The molecular formula is C11H8N2. The molecule has 62 valence electrons. The Kier molecular flexibility index (Phi) is 2.11. The lowest BCUT2D eigenvalue weighted by Crippen LogP contribution is -1.74. The van der Waals surface area contributed by atoms with Gasteiger partial charge in [-0.2, -0.15) is 0 Å². The van der Waals surface area contributed by atoms with Gasteiger partial charge < -0.3 is 4.98 Å². The standard InChI is InChI=1S/C11H8N2/c1(2-11-5-8-13-9-11)10-3-6-12-7-4-10/h3-9,13H. The van der Waals surface area contributed by atoms with Crippen molar-refractivity contribution in [1.82, 2.24) is 9.97 Å². The summed E-state index contributed by atoms with van der Waals surface area (Å²) in [6, 6.07) is 5.72. The molecule has 0 atom stereocenters. The monoisotopic (exact) mass is 168 g/mol. The van der Waals surface area contributed by atoms with Crippen LogP contribution in [0.1, 0.15) is 11.1 Å². The maximum absolute atomic E-state index is 3.92. The van der Waals surface area contributed by atoms with Crippen LogP contribution in [0.3, 0.4) is 0 Å². The molecule has 2 aromatic heterocycles. The van der Waals surface area contributed by atoms with Gasteiger partial charge in [0, 0.05) is 35.9 Å². The highest BCUT2D eigenvalue weighted by Crippen LogP contribution is 1.96. The number of aromatic amines is 1. The van der Waals surface area contributed by atoms with E-state index in [-0.39, 0.29) is 0 Å². The lowest BCUT2D eigenvalue weighted by molar-refractivity contribution is 1.32. The molecule has 0 spiro atoms. The van der Waals surface area contributed by atoms with Crippen molar-refractivity contribution in [3.63, 3.8) is 0 Å². The smallest absolute Gasteiger partial charge is 0.0423 e. The lowest BCUT2D eigenvalue weighted by atomic mass is 10.2. The van der Waals surface area contributed by atoms with Crippen molar-refractivity contribution in [3.8, 4) is 11.8 Å². The van der Waals surface area contributed by atoms with E-state index in [1.165, 1.54) is 0 Å². The van der Waals surface area contributed by atoms with Gasteiger partial charge in [-0.05, 0) is 18.2 Å². The molecule has 0 unspecified atom stereocenters. The summed E-state index contributed by atoms with van der Waals surface area (Å²) in [5.74, 6) is 6.07. The minimum absolute atomic E-state index is 0.983. The van der Waals surface area contributed by atoms with E-state index in [4.69, 9.17) is 0 Å². The summed E-state index contributed by atoms with van der Waals surface area (Å²) in [6.45, 7) is 0. The van der Waals surface area contributed by atoms with Gasteiger partial charge in [0.15, 0.2) is 0 Å². The van der Waals surface area contributed by atoms with E-state index in [0.29, 0.717) is 0 Å². The van der Waals surface area contributed by atoms with Gasteiger partial charge in [0.2, 0.25) is 0 Å². The van der Waals surface area contributed by atoms with Crippen LogP contribution in [0.25, 0.3) is 0 Å². The normalized spacial score (nSPS) is 8.92. The quantitative estimate of drug-likeness (QED) is 0.597. The summed E-state index contributed by atoms with van der Waals surface area (Å²) in [4.78, 5) is 6.87. The third-order valence-corrected chi connectivity index (χ3v) is 1.63. The molecule has 0 saturated carbocycles. The first-order valence-electron chi connectivity index (χ1n) is 4.00. The first-order valence-corrected chi connectivity index (χ1v) is 4.00. The molecule has 0 aliphatic rings. The third kappa shape index (κ3) is 1.97. The lowest BCUT2D eigenvalue weighted by Gasteiger charge is -1.84. The Balaban J connectivity index is 2.23. The van der Waals surface area contributed by atoms with Crippen LogP contribution in [-0.2, 0) is 0 Å². The largest absolute Gasteiger partial charge is 0.367 e. The Morgan fingerprint density at radius 1 is 1.00 bits per heavy atom. The maximum atomic E-state index is 3.92. The van der Waals surface area contributed by atoms with Crippen LogP contribution in [0.15, 0.2) is 43.0 Å². The van der Waals surface area contributed by atoms with E-state index < -0.39 is 0 Å². The van der Waals surface area contributed by atoms with Gasteiger partial charge in [-0.1, -0.05) is 11.8 Å². The molecule has 0 aromatic carbocycles. The Morgan fingerprint density at radius 3 is 2.46 bits per heavy atom. The molecule has 0 amide bonds. The first-order chi connectivity index (χ1) is 6.45. The molecule has 1 N–H and O–H groups in total. The highest BCUT2D eigenvalue weighted by Gasteiger charge is 1.84. The molecule has 2 heteroatoms. The predicted octanol–water partition coefficient (Wildman–Crippen LogP) is 1.81. The molecule has 0 radical (unpaired) electrons. The van der Waals surface area contributed by atoms with Gasteiger partial charge in [0.25, 0.3) is 0 Å². The Morgan fingerprint density at radius 2 is 1.77 bits per heavy atom. The minimum Gasteiger partial charge on any atom is -0.367 e. The SMILES string of the molecule is C(#Cc1cc[nH]c1)c1ccncc1. The molecule has 0 aliphatic carbocycles. The molecule has 2 rings (SSSR count). The van der Waals surface area contributed by atoms with E-state index in [9.17, 15) is 0 Å². The fourth-order valence-electron chi connectivity index (χ4n) is 0.981. The number of nitrogens with one attached hydrogen (secondary N) is 1. The first kappa shape index (κ1) is 7.63. The zero-order chi connectivity index (χ0) is 8.93. The number of nitrogens with zero attached hydrogens (tertiary/aromatic N) is 1. The highest BCUT2D eigenvalue weighted by atomic mass is 14.6. The average Bonchev–Trinajstić information content (AvgIpc) is 2.69. The third-order valence-electron chi connectivity index (χ3n) is 1.63. The highest BCUT2D eigenvalue weighted by molar-refractivity contribution is 5.40. The van der Waals surface area contributed by atoms with Crippen molar-refractivity contribution in [2.75, 3.05) is 0 Å². The molecule has 2 aromatic rings. The molecular weight excluding hydrogens is 160 g/mol. The molecule has 0 saturated heterocycles. The summed E-state index contributed by atoms with van der Waals surface area (Å²) in [5.41, 5.74) is 1.98. The molecule has 0 fully saturated rings. The summed E-state index contributed by atoms with van der Waals surface area (Å²) in [6.07, 6.45) is 7.20. The molecule has 2 nitrogen and oxygen atoms in total. The fraction of sp³-hybridized carbons (Fsp3) is 0. The van der Waals surface area contributed by atoms with Crippen molar-refractivity contribution >= 4 is 0 Å². The van der Waals surface area contributed by atoms with Crippen LogP contribution in [0.2, 0.25) is 0 Å². The molecule has 2 heterocycles. The molecule has 0 aliphatic heterocycles. The number of hydrogen-bond acceptors (Lipinski definition) is 1. The molecule has 0 bridgehead atoms. The van der Waals surface area contributed by atoms with E-state index in [1.807, 2.05) is 30.6 Å². The van der Waals surface area contributed by atoms with Crippen LogP contribution in [0, 0.1) is 11.8 Å². The summed E-state index contributed by atoms with van der Waals surface area (Å²) in [7, 11) is 0. The van der Waals surface area contributed by atoms with Gasteiger partial charge >= 0.3 is 0 Å². The van der Waals surface area contributed by atoms with Gasteiger partial charge in [-0.3, -0.25) is 4.98 Å². The van der Waals surface area contributed by atoms with Crippen LogP contribution in [0.5, 0.6) is 0 Å². The maximum Gasteiger partial charge on any atom is 0.0423 e. The minimum atomic E-state index is 0.983. The van der Waals surface area contributed by atoms with Crippen molar-refractivity contribution in [2.24, 2.45) is 0 Å². The fourth-order valence-corrected chi connectivity index (χ4v) is 0.981. The number of pyridine rings is 1. The number of rotatable bonds is 0. The second-order valence-electron chi connectivity index (χ2n) is 2.59. The van der Waals surface area contributed by atoms with Crippen molar-refractivity contribution < 1.29 is 0 Å². The second-order valence-corrected chi connectivity index (χ2v) is 2.59. The summed E-state index contributed by atoms with van der Waals surface area (Å²) >= 11 is 0. The van der Waals surface area contributed by atoms with Crippen LogP contribution in [0.4, 0.5) is 0 Å². The second kappa shape index (κ2) is 3.59. The Hall–Kier alpha value is -2.01. The number of aromatic nitrogens is 2. The molecule has 13 heavy (non-hydrogen) atoms. The summed E-state index contributed by atoms with van der Waals surface area (Å²) in [5, 5.41) is 0. The van der Waals surface area contributed by atoms with Crippen LogP contribution in [-0.4, -0.2) is 9.97 Å². The zero-order valence-corrected chi connectivity index (χ0v) is 6.99. The van der Waals surface area contributed by atoms with E-state index in [2.05, 4.69) is 21.8 Å². The van der Waals surface area contributed by atoms with Crippen LogP contribution < -0.4 is 0 Å². The topological polar surface area (TPSA) is 28.7 Å². The average molecular weight is 168 g/mol. The van der Waals surface area contributed by atoms with Crippen molar-refractivity contribution in [2.45, 2.75) is 0 Å². The van der Waals surface area contributed by atoms with E-state index in [0.717, 1.165) is 11.1 Å². The summed E-state index contributed by atoms with van der Waals surface area (Å²) < 4.78 is 0. The van der Waals surface area contributed by atoms with Gasteiger partial charge in [0.1, 0.15) is 0 Å². The van der Waals surface area contributed by atoms with Gasteiger partial charge in [-0.15, -0.1) is 0 Å². The Bertz CT molecular complexity index is 418. The number of hydrogen-bond donors (Lipinski definition) is 1. The van der Waals surface area contributed by atoms with Crippen molar-refractivity contribution in [3.05, 3.63) is 54.1 Å².